The van der Waals surface area contributed by atoms with Gasteiger partial charge in [-0.25, -0.2) is 0 Å². The van der Waals surface area contributed by atoms with Gasteiger partial charge in [0.25, 0.3) is 0 Å². The normalized spacial score (nSPS) is 31.1. The van der Waals surface area contributed by atoms with Gasteiger partial charge < -0.3 is 19.9 Å². The van der Waals surface area contributed by atoms with Gasteiger partial charge in [0.2, 0.25) is 0 Å². The summed E-state index contributed by atoms with van der Waals surface area (Å²) in [6, 6.07) is 8.70. The molecule has 0 aromatic heterocycles. The fourth-order valence-corrected chi connectivity index (χ4v) is 3.62. The van der Waals surface area contributed by atoms with Gasteiger partial charge in [0.15, 0.2) is 11.5 Å². The van der Waals surface area contributed by atoms with Crippen LogP contribution in [-0.2, 0) is 0 Å². The highest BCUT2D eigenvalue weighted by Gasteiger charge is 2.42. The second-order valence-corrected chi connectivity index (χ2v) is 6.25. The number of para-hydroxylation sites is 2. The number of fused-ring (bicyclic) bond motifs is 2. The lowest BCUT2D eigenvalue weighted by Crippen LogP contribution is -2.49. The molecule has 116 valence electrons. The SMILES string of the molecule is CCOc1ccccc1OCCC1(O)CC2CCC(C1)N2. The van der Waals surface area contributed by atoms with Crippen molar-refractivity contribution >= 4 is 0 Å². The van der Waals surface area contributed by atoms with Gasteiger partial charge in [-0.15, -0.1) is 0 Å². The zero-order chi connectivity index (χ0) is 14.7. The van der Waals surface area contributed by atoms with Crippen LogP contribution in [0.4, 0.5) is 0 Å². The van der Waals surface area contributed by atoms with E-state index in [1.54, 1.807) is 0 Å². The Labute approximate surface area is 126 Å². The Morgan fingerprint density at radius 3 is 2.38 bits per heavy atom. The molecule has 0 radical (unpaired) electrons. The summed E-state index contributed by atoms with van der Waals surface area (Å²) in [6.07, 6.45) is 4.77. The second-order valence-electron chi connectivity index (χ2n) is 6.25. The Kier molecular flexibility index (Phi) is 4.36. The molecule has 1 aromatic rings. The van der Waals surface area contributed by atoms with Crippen LogP contribution in [-0.4, -0.2) is 36.0 Å². The first-order valence-electron chi connectivity index (χ1n) is 8.01. The van der Waals surface area contributed by atoms with Crippen molar-refractivity contribution in [2.24, 2.45) is 0 Å². The van der Waals surface area contributed by atoms with Crippen molar-refractivity contribution in [1.29, 1.82) is 0 Å². The van der Waals surface area contributed by atoms with Crippen LogP contribution in [0.1, 0.15) is 39.0 Å². The van der Waals surface area contributed by atoms with Gasteiger partial charge in [0.1, 0.15) is 0 Å². The largest absolute Gasteiger partial charge is 0.490 e. The van der Waals surface area contributed by atoms with E-state index in [1.165, 1.54) is 12.8 Å². The molecule has 2 heterocycles. The molecule has 2 aliphatic rings. The molecule has 3 rings (SSSR count). The third-order valence-corrected chi connectivity index (χ3v) is 4.56. The molecule has 0 saturated carbocycles. The van der Waals surface area contributed by atoms with Crippen LogP contribution in [0.25, 0.3) is 0 Å². The van der Waals surface area contributed by atoms with E-state index in [0.717, 1.165) is 24.3 Å². The summed E-state index contributed by atoms with van der Waals surface area (Å²) in [6.45, 7) is 3.11. The second kappa shape index (κ2) is 6.24. The highest BCUT2D eigenvalue weighted by atomic mass is 16.5. The first-order chi connectivity index (χ1) is 10.2. The number of ether oxygens (including phenoxy) is 2. The molecular weight excluding hydrogens is 266 g/mol. The molecule has 2 saturated heterocycles. The summed E-state index contributed by atoms with van der Waals surface area (Å²) in [4.78, 5) is 0. The predicted molar refractivity (Wildman–Crippen MR) is 81.9 cm³/mol. The van der Waals surface area contributed by atoms with Crippen molar-refractivity contribution < 1.29 is 14.6 Å². The van der Waals surface area contributed by atoms with Crippen molar-refractivity contribution in [1.82, 2.24) is 5.32 Å². The third kappa shape index (κ3) is 3.50. The average Bonchev–Trinajstić information content (AvgIpc) is 2.81. The van der Waals surface area contributed by atoms with Crippen molar-refractivity contribution in [3.8, 4) is 11.5 Å². The highest BCUT2D eigenvalue weighted by Crippen LogP contribution is 2.36. The quantitative estimate of drug-likeness (QED) is 0.845. The van der Waals surface area contributed by atoms with E-state index in [-0.39, 0.29) is 0 Å². The third-order valence-electron chi connectivity index (χ3n) is 4.56. The zero-order valence-corrected chi connectivity index (χ0v) is 12.7. The van der Waals surface area contributed by atoms with Gasteiger partial charge in [0, 0.05) is 18.5 Å². The Balaban J connectivity index is 1.54. The lowest BCUT2D eigenvalue weighted by Gasteiger charge is -2.37. The fraction of sp³-hybridized carbons (Fsp3) is 0.647. The molecule has 1 aromatic carbocycles. The maximum Gasteiger partial charge on any atom is 0.161 e. The molecule has 2 bridgehead atoms. The number of nitrogens with one attached hydrogen (secondary N) is 1. The standard InChI is InChI=1S/C17H25NO3/c1-2-20-15-5-3-4-6-16(15)21-10-9-17(19)11-13-7-8-14(12-17)18-13/h3-6,13-14,18-19H,2,7-12H2,1H3. The number of hydrogen-bond donors (Lipinski definition) is 2. The van der Waals surface area contributed by atoms with Crippen LogP contribution in [0, 0.1) is 0 Å². The number of rotatable bonds is 6. The lowest BCUT2D eigenvalue weighted by molar-refractivity contribution is -0.0231. The Morgan fingerprint density at radius 1 is 1.14 bits per heavy atom. The van der Waals surface area contributed by atoms with Gasteiger partial charge in [-0.05, 0) is 44.7 Å². The van der Waals surface area contributed by atoms with Crippen LogP contribution >= 0.6 is 0 Å². The van der Waals surface area contributed by atoms with E-state index < -0.39 is 5.60 Å². The van der Waals surface area contributed by atoms with Gasteiger partial charge in [-0.1, -0.05) is 12.1 Å². The molecule has 4 nitrogen and oxygen atoms in total. The van der Waals surface area contributed by atoms with Crippen LogP contribution in [0.3, 0.4) is 0 Å². The predicted octanol–water partition coefficient (Wildman–Crippen LogP) is 2.50. The van der Waals surface area contributed by atoms with Gasteiger partial charge in [0.05, 0.1) is 18.8 Å². The smallest absolute Gasteiger partial charge is 0.161 e. The van der Waals surface area contributed by atoms with Crippen LogP contribution < -0.4 is 14.8 Å². The molecule has 0 aliphatic carbocycles. The van der Waals surface area contributed by atoms with Crippen LogP contribution in [0.15, 0.2) is 24.3 Å². The molecular formula is C17H25NO3. The average molecular weight is 291 g/mol. The van der Waals surface area contributed by atoms with Gasteiger partial charge in [-0.2, -0.15) is 0 Å². The molecule has 2 aliphatic heterocycles. The molecule has 21 heavy (non-hydrogen) atoms. The Morgan fingerprint density at radius 2 is 1.76 bits per heavy atom. The number of hydrogen-bond acceptors (Lipinski definition) is 4. The molecule has 0 amide bonds. The van der Waals surface area contributed by atoms with Crippen molar-refractivity contribution in [3.05, 3.63) is 24.3 Å². The molecule has 2 unspecified atom stereocenters. The van der Waals surface area contributed by atoms with Crippen LogP contribution in [0.5, 0.6) is 11.5 Å². The number of benzene rings is 1. The topological polar surface area (TPSA) is 50.7 Å². The monoisotopic (exact) mass is 291 g/mol. The molecule has 0 spiro atoms. The van der Waals surface area contributed by atoms with E-state index in [1.807, 2.05) is 31.2 Å². The minimum atomic E-state index is -0.572. The summed E-state index contributed by atoms with van der Waals surface area (Å²) in [5.74, 6) is 1.54. The molecule has 4 heteroatoms. The minimum Gasteiger partial charge on any atom is -0.490 e. The molecule has 2 fully saturated rings. The summed E-state index contributed by atoms with van der Waals surface area (Å²) in [7, 11) is 0. The van der Waals surface area contributed by atoms with Crippen molar-refractivity contribution in [2.75, 3.05) is 13.2 Å². The maximum atomic E-state index is 10.8. The van der Waals surface area contributed by atoms with Gasteiger partial charge in [-0.3, -0.25) is 0 Å². The summed E-state index contributed by atoms with van der Waals surface area (Å²) < 4.78 is 11.4. The zero-order valence-electron chi connectivity index (χ0n) is 12.7. The number of piperidine rings is 1. The van der Waals surface area contributed by atoms with E-state index in [0.29, 0.717) is 31.7 Å². The first kappa shape index (κ1) is 14.7. The minimum absolute atomic E-state index is 0.490. The summed E-state index contributed by atoms with van der Waals surface area (Å²) in [5.41, 5.74) is -0.572. The van der Waals surface area contributed by atoms with E-state index in [4.69, 9.17) is 9.47 Å². The van der Waals surface area contributed by atoms with Crippen LogP contribution in [0.2, 0.25) is 0 Å². The van der Waals surface area contributed by atoms with E-state index >= 15 is 0 Å². The van der Waals surface area contributed by atoms with E-state index in [2.05, 4.69) is 5.32 Å². The van der Waals surface area contributed by atoms with Crippen molar-refractivity contribution in [3.63, 3.8) is 0 Å². The lowest BCUT2D eigenvalue weighted by atomic mass is 9.85. The first-order valence-corrected chi connectivity index (χ1v) is 8.01. The number of aliphatic hydroxyl groups is 1. The summed E-state index contributed by atoms with van der Waals surface area (Å²) in [5, 5.41) is 14.3. The van der Waals surface area contributed by atoms with Crippen molar-refractivity contribution in [2.45, 2.75) is 56.7 Å². The maximum absolute atomic E-state index is 10.8. The summed E-state index contributed by atoms with van der Waals surface area (Å²) >= 11 is 0. The fourth-order valence-electron chi connectivity index (χ4n) is 3.62. The highest BCUT2D eigenvalue weighted by molar-refractivity contribution is 5.39. The Hall–Kier alpha value is -1.26. The van der Waals surface area contributed by atoms with Gasteiger partial charge >= 0.3 is 0 Å². The Bertz CT molecular complexity index is 465. The molecule has 2 N–H and O–H groups in total. The molecule has 2 atom stereocenters. The van der Waals surface area contributed by atoms with E-state index in [9.17, 15) is 5.11 Å².